The standard InChI is InChI=1S/C13H19BrN2S/c1-2-12-9-16(5-6-17-12)8-10-7-11(15)3-4-13(10)14/h3-4,7,12H,2,5-6,8-9,15H2,1H3. The van der Waals surface area contributed by atoms with Gasteiger partial charge < -0.3 is 5.73 Å². The minimum atomic E-state index is 0.795. The van der Waals surface area contributed by atoms with E-state index in [9.17, 15) is 0 Å². The Labute approximate surface area is 116 Å². The lowest BCUT2D eigenvalue weighted by Crippen LogP contribution is -2.37. The van der Waals surface area contributed by atoms with Gasteiger partial charge in [-0.1, -0.05) is 22.9 Å². The summed E-state index contributed by atoms with van der Waals surface area (Å²) < 4.78 is 1.16. The zero-order chi connectivity index (χ0) is 12.3. The van der Waals surface area contributed by atoms with Gasteiger partial charge in [-0.2, -0.15) is 11.8 Å². The molecule has 1 fully saturated rings. The Bertz CT molecular complexity index is 384. The third-order valence-corrected chi connectivity index (χ3v) is 5.29. The molecule has 1 heterocycles. The Balaban J connectivity index is 2.02. The highest BCUT2D eigenvalue weighted by Gasteiger charge is 2.19. The van der Waals surface area contributed by atoms with E-state index in [0.29, 0.717) is 0 Å². The van der Waals surface area contributed by atoms with Crippen molar-refractivity contribution in [3.63, 3.8) is 0 Å². The molecule has 17 heavy (non-hydrogen) atoms. The number of rotatable bonds is 3. The Morgan fingerprint density at radius 1 is 1.53 bits per heavy atom. The molecular weight excluding hydrogens is 296 g/mol. The van der Waals surface area contributed by atoms with Crippen LogP contribution in [-0.4, -0.2) is 29.0 Å². The summed E-state index contributed by atoms with van der Waals surface area (Å²) in [6, 6.07) is 6.06. The predicted molar refractivity (Wildman–Crippen MR) is 80.4 cm³/mol. The first-order valence-electron chi connectivity index (χ1n) is 6.07. The minimum Gasteiger partial charge on any atom is -0.399 e. The molecular formula is C13H19BrN2S. The highest BCUT2D eigenvalue weighted by molar-refractivity contribution is 9.10. The zero-order valence-electron chi connectivity index (χ0n) is 10.2. The van der Waals surface area contributed by atoms with Gasteiger partial charge in [0.2, 0.25) is 0 Å². The van der Waals surface area contributed by atoms with E-state index in [-0.39, 0.29) is 0 Å². The number of hydrogen-bond acceptors (Lipinski definition) is 3. The lowest BCUT2D eigenvalue weighted by Gasteiger charge is -2.32. The second kappa shape index (κ2) is 6.12. The lowest BCUT2D eigenvalue weighted by atomic mass is 10.2. The molecule has 1 aliphatic rings. The van der Waals surface area contributed by atoms with Crippen molar-refractivity contribution in [1.82, 2.24) is 4.90 Å². The van der Waals surface area contributed by atoms with Crippen molar-refractivity contribution in [2.24, 2.45) is 0 Å². The van der Waals surface area contributed by atoms with Crippen LogP contribution in [0.15, 0.2) is 22.7 Å². The Kier molecular flexibility index (Phi) is 4.77. The van der Waals surface area contributed by atoms with E-state index >= 15 is 0 Å². The number of hydrogen-bond donors (Lipinski definition) is 1. The van der Waals surface area contributed by atoms with E-state index in [1.807, 2.05) is 12.1 Å². The summed E-state index contributed by atoms with van der Waals surface area (Å²) in [5, 5.41) is 0.795. The smallest absolute Gasteiger partial charge is 0.0318 e. The topological polar surface area (TPSA) is 29.3 Å². The van der Waals surface area contributed by atoms with Crippen molar-refractivity contribution < 1.29 is 0 Å². The van der Waals surface area contributed by atoms with Crippen LogP contribution < -0.4 is 5.73 Å². The van der Waals surface area contributed by atoms with Gasteiger partial charge in [0.15, 0.2) is 0 Å². The van der Waals surface area contributed by atoms with Gasteiger partial charge in [0.1, 0.15) is 0 Å². The monoisotopic (exact) mass is 314 g/mol. The number of halogens is 1. The van der Waals surface area contributed by atoms with E-state index in [2.05, 4.69) is 45.6 Å². The predicted octanol–water partition coefficient (Wildman–Crippen LogP) is 3.36. The summed E-state index contributed by atoms with van der Waals surface area (Å²) >= 11 is 5.71. The first-order chi connectivity index (χ1) is 8.19. The molecule has 0 spiro atoms. The molecule has 1 atom stereocenters. The van der Waals surface area contributed by atoms with E-state index < -0.39 is 0 Å². The fourth-order valence-corrected chi connectivity index (χ4v) is 3.75. The zero-order valence-corrected chi connectivity index (χ0v) is 12.6. The molecule has 1 unspecified atom stereocenters. The molecule has 4 heteroatoms. The molecule has 0 saturated carbocycles. The van der Waals surface area contributed by atoms with Gasteiger partial charge in [0.25, 0.3) is 0 Å². The average molecular weight is 315 g/mol. The molecule has 2 rings (SSSR count). The van der Waals surface area contributed by atoms with Crippen LogP contribution in [0.4, 0.5) is 5.69 Å². The molecule has 0 bridgehead atoms. The van der Waals surface area contributed by atoms with E-state index in [1.54, 1.807) is 0 Å². The summed E-state index contributed by atoms with van der Waals surface area (Å²) in [4.78, 5) is 2.53. The molecule has 94 valence electrons. The van der Waals surface area contributed by atoms with Gasteiger partial charge in [0.05, 0.1) is 0 Å². The second-order valence-electron chi connectivity index (χ2n) is 4.49. The van der Waals surface area contributed by atoms with Crippen LogP contribution in [0.25, 0.3) is 0 Å². The summed E-state index contributed by atoms with van der Waals surface area (Å²) in [6.45, 7) is 5.66. The van der Waals surface area contributed by atoms with E-state index in [0.717, 1.165) is 22.0 Å². The first-order valence-corrected chi connectivity index (χ1v) is 7.91. The molecule has 2 nitrogen and oxygen atoms in total. The highest BCUT2D eigenvalue weighted by atomic mass is 79.9. The Morgan fingerprint density at radius 3 is 3.12 bits per heavy atom. The van der Waals surface area contributed by atoms with Gasteiger partial charge in [-0.05, 0) is 30.2 Å². The summed E-state index contributed by atoms with van der Waals surface area (Å²) in [7, 11) is 0. The van der Waals surface area contributed by atoms with Crippen molar-refractivity contribution in [3.8, 4) is 0 Å². The molecule has 0 aromatic heterocycles. The SMILES string of the molecule is CCC1CN(Cc2cc(N)ccc2Br)CCS1. The van der Waals surface area contributed by atoms with Crippen molar-refractivity contribution in [2.75, 3.05) is 24.6 Å². The molecule has 0 amide bonds. The van der Waals surface area contributed by atoms with Crippen molar-refractivity contribution >= 4 is 33.4 Å². The average Bonchev–Trinajstić information content (AvgIpc) is 2.34. The van der Waals surface area contributed by atoms with Gasteiger partial charge in [-0.25, -0.2) is 0 Å². The molecule has 2 N–H and O–H groups in total. The number of anilines is 1. The fourth-order valence-electron chi connectivity index (χ4n) is 2.13. The summed E-state index contributed by atoms with van der Waals surface area (Å²) in [6.07, 6.45) is 1.26. The van der Waals surface area contributed by atoms with Crippen LogP contribution in [0.1, 0.15) is 18.9 Å². The third kappa shape index (κ3) is 3.63. The maximum absolute atomic E-state index is 5.84. The van der Waals surface area contributed by atoms with E-state index in [1.165, 1.54) is 30.8 Å². The van der Waals surface area contributed by atoms with Gasteiger partial charge in [-0.3, -0.25) is 4.90 Å². The maximum atomic E-state index is 5.84. The van der Waals surface area contributed by atoms with Crippen LogP contribution >= 0.6 is 27.7 Å². The maximum Gasteiger partial charge on any atom is 0.0318 e. The van der Waals surface area contributed by atoms with Gasteiger partial charge in [-0.15, -0.1) is 0 Å². The third-order valence-electron chi connectivity index (χ3n) is 3.14. The lowest BCUT2D eigenvalue weighted by molar-refractivity contribution is 0.273. The molecule has 0 aliphatic carbocycles. The van der Waals surface area contributed by atoms with E-state index in [4.69, 9.17) is 5.73 Å². The van der Waals surface area contributed by atoms with Crippen LogP contribution in [-0.2, 0) is 6.54 Å². The summed E-state index contributed by atoms with van der Waals surface area (Å²) in [5.41, 5.74) is 7.99. The molecule has 1 saturated heterocycles. The molecule has 1 aliphatic heterocycles. The molecule has 1 aromatic carbocycles. The normalized spacial score (nSPS) is 21.6. The van der Waals surface area contributed by atoms with Crippen LogP contribution in [0, 0.1) is 0 Å². The highest BCUT2D eigenvalue weighted by Crippen LogP contribution is 2.25. The first kappa shape index (κ1) is 13.2. The van der Waals surface area contributed by atoms with Crippen LogP contribution in [0.5, 0.6) is 0 Å². The number of nitrogen functional groups attached to an aromatic ring is 1. The Morgan fingerprint density at radius 2 is 2.35 bits per heavy atom. The van der Waals surface area contributed by atoms with Crippen molar-refractivity contribution in [2.45, 2.75) is 25.1 Å². The number of nitrogens with zero attached hydrogens (tertiary/aromatic N) is 1. The van der Waals surface area contributed by atoms with Gasteiger partial charge in [0, 0.05) is 40.8 Å². The molecule has 1 aromatic rings. The van der Waals surface area contributed by atoms with Crippen LogP contribution in [0.2, 0.25) is 0 Å². The quantitative estimate of drug-likeness (QED) is 0.867. The van der Waals surface area contributed by atoms with Crippen LogP contribution in [0.3, 0.4) is 0 Å². The fraction of sp³-hybridized carbons (Fsp3) is 0.538. The van der Waals surface area contributed by atoms with Gasteiger partial charge >= 0.3 is 0 Å². The second-order valence-corrected chi connectivity index (χ2v) is 6.75. The number of nitrogens with two attached hydrogens (primary N) is 1. The number of thioether (sulfide) groups is 1. The van der Waals surface area contributed by atoms with Crippen molar-refractivity contribution in [3.05, 3.63) is 28.2 Å². The minimum absolute atomic E-state index is 0.795. The largest absolute Gasteiger partial charge is 0.399 e. The summed E-state index contributed by atoms with van der Waals surface area (Å²) in [5.74, 6) is 1.25. The molecule has 0 radical (unpaired) electrons. The van der Waals surface area contributed by atoms with Crippen molar-refractivity contribution in [1.29, 1.82) is 0 Å². The Hall–Kier alpha value is -0.190. The number of benzene rings is 1.